The number of halogens is 3. The van der Waals surface area contributed by atoms with Crippen LogP contribution >= 0.6 is 0 Å². The van der Waals surface area contributed by atoms with Gasteiger partial charge >= 0.3 is 12.1 Å². The topological polar surface area (TPSA) is 29.5 Å². The fourth-order valence-corrected chi connectivity index (χ4v) is 2.88. The third kappa shape index (κ3) is 10.8. The molecule has 1 aromatic carbocycles. The minimum Gasteiger partial charge on any atom is -0.465 e. The van der Waals surface area contributed by atoms with Crippen molar-refractivity contribution in [2.75, 3.05) is 13.2 Å². The quantitative estimate of drug-likeness (QED) is 0.270. The van der Waals surface area contributed by atoms with Gasteiger partial charge in [0.05, 0.1) is 13.2 Å². The highest BCUT2D eigenvalue weighted by Gasteiger charge is 2.25. The van der Waals surface area contributed by atoms with Gasteiger partial charge in [-0.2, -0.15) is 13.2 Å². The summed E-state index contributed by atoms with van der Waals surface area (Å²) in [7, 11) is 0. The predicted molar refractivity (Wildman–Crippen MR) is 101 cm³/mol. The molecule has 0 radical (unpaired) electrons. The van der Waals surface area contributed by atoms with Gasteiger partial charge in [0.1, 0.15) is 0 Å². The van der Waals surface area contributed by atoms with Gasteiger partial charge in [-0.05, 0) is 18.9 Å². The first kappa shape index (κ1) is 23.2. The molecule has 3 nitrogen and oxygen atoms in total. The number of esters is 1. The minimum absolute atomic E-state index is 0.0383. The summed E-state index contributed by atoms with van der Waals surface area (Å²) in [6, 6.07) is 8.96. The van der Waals surface area contributed by atoms with Crippen molar-refractivity contribution in [3.63, 3.8) is 0 Å². The van der Waals surface area contributed by atoms with Crippen LogP contribution in [0.2, 0.25) is 0 Å². The van der Waals surface area contributed by atoms with E-state index >= 15 is 0 Å². The Hall–Kier alpha value is -1.82. The van der Waals surface area contributed by atoms with Crippen molar-refractivity contribution in [3.05, 3.63) is 48.0 Å². The zero-order chi connectivity index (χ0) is 20.1. The molecule has 0 bridgehead atoms. The first-order valence-corrected chi connectivity index (χ1v) is 9.55. The van der Waals surface area contributed by atoms with E-state index in [1.165, 1.54) is 6.08 Å². The minimum atomic E-state index is -4.37. The molecule has 1 rings (SSSR count). The number of allylic oxidation sites excluding steroid dienone is 1. The van der Waals surface area contributed by atoms with Crippen LogP contribution in [-0.4, -0.2) is 36.2 Å². The van der Waals surface area contributed by atoms with Crippen molar-refractivity contribution in [3.8, 4) is 0 Å². The molecule has 0 saturated heterocycles. The van der Waals surface area contributed by atoms with E-state index in [1.807, 2.05) is 30.3 Å². The Bertz CT molecular complexity index is 558. The van der Waals surface area contributed by atoms with Crippen molar-refractivity contribution in [1.29, 1.82) is 0 Å². The van der Waals surface area contributed by atoms with Gasteiger partial charge in [-0.1, -0.05) is 69.0 Å². The van der Waals surface area contributed by atoms with Crippen LogP contribution in [0.5, 0.6) is 0 Å². The van der Waals surface area contributed by atoms with Crippen LogP contribution in [0.4, 0.5) is 13.2 Å². The summed E-state index contributed by atoms with van der Waals surface area (Å²) in [5, 5.41) is 0. The molecule has 1 atom stereocenters. The number of benzene rings is 1. The molecule has 0 spiro atoms. The average molecular weight is 385 g/mol. The van der Waals surface area contributed by atoms with Gasteiger partial charge in [-0.3, -0.25) is 9.69 Å². The van der Waals surface area contributed by atoms with E-state index in [0.29, 0.717) is 13.0 Å². The summed E-state index contributed by atoms with van der Waals surface area (Å²) >= 11 is 0. The average Bonchev–Trinajstić information content (AvgIpc) is 2.61. The highest BCUT2D eigenvalue weighted by molar-refractivity contribution is 5.71. The van der Waals surface area contributed by atoms with Gasteiger partial charge in [0.15, 0.2) is 0 Å². The van der Waals surface area contributed by atoms with Crippen LogP contribution in [0.15, 0.2) is 42.5 Å². The second kappa shape index (κ2) is 12.5. The fourth-order valence-electron chi connectivity index (χ4n) is 2.88. The number of ether oxygens (including phenoxy) is 1. The van der Waals surface area contributed by atoms with Crippen LogP contribution in [0.25, 0.3) is 0 Å². The lowest BCUT2D eigenvalue weighted by Gasteiger charge is -2.29. The number of carbonyl (C=O) groups excluding carboxylic acids is 1. The zero-order valence-electron chi connectivity index (χ0n) is 16.2. The second-order valence-electron chi connectivity index (χ2n) is 6.51. The Morgan fingerprint density at radius 1 is 1.15 bits per heavy atom. The number of nitrogens with zero attached hydrogens (tertiary/aromatic N) is 1. The molecule has 152 valence electrons. The molecule has 0 aliphatic rings. The number of hydrogen-bond acceptors (Lipinski definition) is 3. The standard InChI is InChI=1S/C21H30F3NO2/c1-3-5-6-10-13-19(14-15-21(22,23)24)25(17-20(26)27-4-2)16-18-11-8-7-9-12-18/h7-9,11-12,14-15,19H,3-6,10,13,16-17H2,1-2H3/b15-14+. The van der Waals surface area contributed by atoms with E-state index in [0.717, 1.165) is 31.2 Å². The third-order valence-corrected chi connectivity index (χ3v) is 4.20. The molecule has 0 fully saturated rings. The molecule has 0 aromatic heterocycles. The molecule has 0 heterocycles. The Labute approximate surface area is 160 Å². The molecule has 0 N–H and O–H groups in total. The maximum Gasteiger partial charge on any atom is 0.409 e. The molecule has 0 aliphatic heterocycles. The largest absolute Gasteiger partial charge is 0.465 e. The first-order chi connectivity index (χ1) is 12.9. The lowest BCUT2D eigenvalue weighted by Crippen LogP contribution is -2.38. The Morgan fingerprint density at radius 2 is 1.85 bits per heavy atom. The van der Waals surface area contributed by atoms with E-state index in [2.05, 4.69) is 6.92 Å². The third-order valence-electron chi connectivity index (χ3n) is 4.20. The lowest BCUT2D eigenvalue weighted by atomic mass is 10.0. The van der Waals surface area contributed by atoms with Gasteiger partial charge in [0, 0.05) is 18.7 Å². The summed E-state index contributed by atoms with van der Waals surface area (Å²) in [6.45, 7) is 4.40. The van der Waals surface area contributed by atoms with Gasteiger partial charge in [-0.15, -0.1) is 0 Å². The summed E-state index contributed by atoms with van der Waals surface area (Å²) in [6.07, 6.45) is 1.53. The molecule has 0 amide bonds. The van der Waals surface area contributed by atoms with E-state index < -0.39 is 18.2 Å². The van der Waals surface area contributed by atoms with Crippen LogP contribution in [0, 0.1) is 0 Å². The van der Waals surface area contributed by atoms with Crippen LogP contribution in [0.3, 0.4) is 0 Å². The van der Waals surface area contributed by atoms with Gasteiger partial charge < -0.3 is 4.74 Å². The fraction of sp³-hybridized carbons (Fsp3) is 0.571. The maximum atomic E-state index is 12.7. The van der Waals surface area contributed by atoms with Crippen molar-refractivity contribution in [1.82, 2.24) is 4.90 Å². The van der Waals surface area contributed by atoms with Crippen molar-refractivity contribution in [2.24, 2.45) is 0 Å². The summed E-state index contributed by atoms with van der Waals surface area (Å²) in [4.78, 5) is 13.8. The van der Waals surface area contributed by atoms with Crippen LogP contribution in [0.1, 0.15) is 51.5 Å². The van der Waals surface area contributed by atoms with Crippen molar-refractivity contribution in [2.45, 2.75) is 64.7 Å². The summed E-state index contributed by atoms with van der Waals surface area (Å²) in [5.74, 6) is -0.424. The smallest absolute Gasteiger partial charge is 0.409 e. The number of rotatable bonds is 12. The van der Waals surface area contributed by atoms with Gasteiger partial charge in [0.2, 0.25) is 0 Å². The highest BCUT2D eigenvalue weighted by atomic mass is 19.4. The molecule has 1 unspecified atom stereocenters. The second-order valence-corrected chi connectivity index (χ2v) is 6.51. The number of carbonyl (C=O) groups is 1. The van der Waals surface area contributed by atoms with E-state index in [4.69, 9.17) is 4.74 Å². The number of unbranched alkanes of at least 4 members (excludes halogenated alkanes) is 3. The Balaban J connectivity index is 2.97. The maximum absolute atomic E-state index is 12.7. The number of hydrogen-bond donors (Lipinski definition) is 0. The van der Waals surface area contributed by atoms with Gasteiger partial charge in [-0.25, -0.2) is 0 Å². The van der Waals surface area contributed by atoms with Gasteiger partial charge in [0.25, 0.3) is 0 Å². The highest BCUT2D eigenvalue weighted by Crippen LogP contribution is 2.21. The zero-order valence-corrected chi connectivity index (χ0v) is 16.2. The van der Waals surface area contributed by atoms with Crippen molar-refractivity contribution >= 4 is 5.97 Å². The summed E-state index contributed by atoms with van der Waals surface area (Å²) < 4.78 is 43.2. The van der Waals surface area contributed by atoms with E-state index in [-0.39, 0.29) is 19.2 Å². The number of alkyl halides is 3. The molecular formula is C21H30F3NO2. The summed E-state index contributed by atoms with van der Waals surface area (Å²) in [5.41, 5.74) is 0.945. The SMILES string of the molecule is CCCCCCC(/C=C/C(F)(F)F)N(CC(=O)OCC)Cc1ccccc1. The Morgan fingerprint density at radius 3 is 2.44 bits per heavy atom. The van der Waals surface area contributed by atoms with E-state index in [9.17, 15) is 18.0 Å². The molecule has 1 aromatic rings. The monoisotopic (exact) mass is 385 g/mol. The molecule has 0 aliphatic carbocycles. The lowest BCUT2D eigenvalue weighted by molar-refractivity contribution is -0.145. The molecule has 27 heavy (non-hydrogen) atoms. The normalized spacial score (nSPS) is 13.3. The van der Waals surface area contributed by atoms with Crippen LogP contribution < -0.4 is 0 Å². The first-order valence-electron chi connectivity index (χ1n) is 9.55. The Kier molecular flexibility index (Phi) is 10.8. The predicted octanol–water partition coefficient (Wildman–Crippen LogP) is 5.51. The molecular weight excluding hydrogens is 355 g/mol. The molecule has 0 saturated carbocycles. The van der Waals surface area contributed by atoms with E-state index in [1.54, 1.807) is 11.8 Å². The molecule has 6 heteroatoms. The van der Waals surface area contributed by atoms with Crippen LogP contribution in [-0.2, 0) is 16.1 Å². The van der Waals surface area contributed by atoms with Crippen molar-refractivity contribution < 1.29 is 22.7 Å².